The number of nitrogens with zero attached hydrogens (tertiary/aromatic N) is 2. The van der Waals surface area contributed by atoms with E-state index in [0.29, 0.717) is 17.1 Å². The fraction of sp³-hybridized carbons (Fsp3) is 0.385. The molecule has 0 saturated carbocycles. The number of anilines is 1. The average molecular weight is 298 g/mol. The minimum Gasteiger partial charge on any atom is -0.389 e. The highest BCUT2D eigenvalue weighted by atomic mass is 35.5. The Morgan fingerprint density at radius 2 is 2.16 bits per heavy atom. The Morgan fingerprint density at radius 1 is 1.42 bits per heavy atom. The lowest BCUT2D eigenvalue weighted by Crippen LogP contribution is -2.35. The molecule has 1 aliphatic rings. The van der Waals surface area contributed by atoms with Gasteiger partial charge < -0.3 is 15.5 Å². The van der Waals surface area contributed by atoms with Crippen molar-refractivity contribution in [2.75, 3.05) is 31.6 Å². The zero-order valence-corrected chi connectivity index (χ0v) is 12.3. The molecule has 0 radical (unpaired) electrons. The SMILES string of the molecule is CN1CCCN(c2cccc(Cl)c2C(N)=S)CC1=O. The molecule has 102 valence electrons. The minimum atomic E-state index is 0.0892. The van der Waals surface area contributed by atoms with Gasteiger partial charge in [-0.2, -0.15) is 0 Å². The van der Waals surface area contributed by atoms with Crippen molar-refractivity contribution >= 4 is 40.4 Å². The smallest absolute Gasteiger partial charge is 0.241 e. The van der Waals surface area contributed by atoms with Crippen molar-refractivity contribution in [2.24, 2.45) is 5.73 Å². The fourth-order valence-corrected chi connectivity index (χ4v) is 2.75. The highest BCUT2D eigenvalue weighted by molar-refractivity contribution is 7.80. The Bertz CT molecular complexity index is 521. The first kappa shape index (κ1) is 14.1. The Hall–Kier alpha value is -1.33. The number of amides is 1. The number of rotatable bonds is 2. The van der Waals surface area contributed by atoms with Crippen LogP contribution in [0, 0.1) is 0 Å². The number of hydrogen-bond donors (Lipinski definition) is 1. The summed E-state index contributed by atoms with van der Waals surface area (Å²) in [6.45, 7) is 1.87. The van der Waals surface area contributed by atoms with E-state index < -0.39 is 0 Å². The van der Waals surface area contributed by atoms with Crippen LogP contribution in [0.1, 0.15) is 12.0 Å². The van der Waals surface area contributed by atoms with Crippen LogP contribution in [0.2, 0.25) is 5.02 Å². The van der Waals surface area contributed by atoms with Crippen LogP contribution in [-0.2, 0) is 4.79 Å². The molecule has 0 aromatic heterocycles. The van der Waals surface area contributed by atoms with Gasteiger partial charge in [-0.1, -0.05) is 29.9 Å². The van der Waals surface area contributed by atoms with Crippen LogP contribution in [-0.4, -0.2) is 42.5 Å². The summed E-state index contributed by atoms with van der Waals surface area (Å²) in [7, 11) is 1.82. The summed E-state index contributed by atoms with van der Waals surface area (Å²) in [4.78, 5) is 15.9. The monoisotopic (exact) mass is 297 g/mol. The van der Waals surface area contributed by atoms with Gasteiger partial charge in [-0.25, -0.2) is 0 Å². The van der Waals surface area contributed by atoms with Crippen molar-refractivity contribution in [3.05, 3.63) is 28.8 Å². The number of thiocarbonyl (C=S) groups is 1. The number of carbonyl (C=O) groups is 1. The number of hydrogen-bond acceptors (Lipinski definition) is 3. The molecule has 1 aliphatic heterocycles. The third-order valence-corrected chi connectivity index (χ3v) is 3.77. The molecule has 0 aliphatic carbocycles. The third-order valence-electron chi connectivity index (χ3n) is 3.25. The van der Waals surface area contributed by atoms with Crippen LogP contribution in [0.15, 0.2) is 18.2 Å². The number of carbonyl (C=O) groups excluding carboxylic acids is 1. The molecule has 1 fully saturated rings. The summed E-state index contributed by atoms with van der Waals surface area (Å²) in [5.41, 5.74) is 7.23. The van der Waals surface area contributed by atoms with E-state index in [9.17, 15) is 4.79 Å². The lowest BCUT2D eigenvalue weighted by atomic mass is 10.1. The zero-order valence-electron chi connectivity index (χ0n) is 10.7. The molecular formula is C13H16ClN3OS. The number of benzene rings is 1. The maximum absolute atomic E-state index is 12.0. The third kappa shape index (κ3) is 2.98. The Morgan fingerprint density at radius 3 is 2.84 bits per heavy atom. The van der Waals surface area contributed by atoms with Crippen molar-refractivity contribution < 1.29 is 4.79 Å². The van der Waals surface area contributed by atoms with Crippen LogP contribution >= 0.6 is 23.8 Å². The van der Waals surface area contributed by atoms with Crippen LogP contribution in [0.4, 0.5) is 5.69 Å². The number of nitrogens with two attached hydrogens (primary N) is 1. The molecule has 0 unspecified atom stereocenters. The van der Waals surface area contributed by atoms with Gasteiger partial charge in [0, 0.05) is 25.8 Å². The van der Waals surface area contributed by atoms with E-state index in [1.54, 1.807) is 11.0 Å². The van der Waals surface area contributed by atoms with Crippen molar-refractivity contribution in [3.63, 3.8) is 0 Å². The first-order valence-corrected chi connectivity index (χ1v) is 6.86. The van der Waals surface area contributed by atoms with Gasteiger partial charge in [-0.05, 0) is 18.6 Å². The molecular weight excluding hydrogens is 282 g/mol. The van der Waals surface area contributed by atoms with Crippen LogP contribution < -0.4 is 10.6 Å². The van der Waals surface area contributed by atoms with Crippen molar-refractivity contribution in [1.82, 2.24) is 4.90 Å². The first-order valence-electron chi connectivity index (χ1n) is 6.08. The average Bonchev–Trinajstić information content (AvgIpc) is 2.51. The van der Waals surface area contributed by atoms with Crippen LogP contribution in [0.5, 0.6) is 0 Å². The lowest BCUT2D eigenvalue weighted by molar-refractivity contribution is -0.127. The summed E-state index contributed by atoms with van der Waals surface area (Å²) < 4.78 is 0. The van der Waals surface area contributed by atoms with Gasteiger partial charge in [0.2, 0.25) is 5.91 Å². The molecule has 4 nitrogen and oxygen atoms in total. The van der Waals surface area contributed by atoms with Crippen LogP contribution in [0.25, 0.3) is 0 Å². The van der Waals surface area contributed by atoms with Gasteiger partial charge in [0.25, 0.3) is 0 Å². The minimum absolute atomic E-state index is 0.0892. The second-order valence-electron chi connectivity index (χ2n) is 4.59. The van der Waals surface area contributed by atoms with Gasteiger partial charge >= 0.3 is 0 Å². The predicted octanol–water partition coefficient (Wildman–Crippen LogP) is 1.64. The molecule has 0 bridgehead atoms. The van der Waals surface area contributed by atoms with Crippen LogP contribution in [0.3, 0.4) is 0 Å². The molecule has 1 aromatic rings. The van der Waals surface area contributed by atoms with Crippen molar-refractivity contribution in [1.29, 1.82) is 0 Å². The summed E-state index contributed by atoms with van der Waals surface area (Å²) >= 11 is 11.2. The molecule has 2 rings (SSSR count). The summed E-state index contributed by atoms with van der Waals surface area (Å²) in [6, 6.07) is 5.50. The topological polar surface area (TPSA) is 49.6 Å². The molecule has 2 N–H and O–H groups in total. The lowest BCUT2D eigenvalue weighted by Gasteiger charge is -2.25. The first-order chi connectivity index (χ1) is 9.00. The molecule has 1 aromatic carbocycles. The van der Waals surface area contributed by atoms with Gasteiger partial charge in [0.15, 0.2) is 0 Å². The van der Waals surface area contributed by atoms with Crippen molar-refractivity contribution in [3.8, 4) is 0 Å². The van der Waals surface area contributed by atoms with E-state index in [0.717, 1.165) is 25.2 Å². The molecule has 0 atom stereocenters. The maximum Gasteiger partial charge on any atom is 0.241 e. The highest BCUT2D eigenvalue weighted by Gasteiger charge is 2.22. The Balaban J connectivity index is 2.38. The number of halogens is 1. The summed E-state index contributed by atoms with van der Waals surface area (Å²) in [5.74, 6) is 0.0892. The quantitative estimate of drug-likeness (QED) is 0.843. The molecule has 19 heavy (non-hydrogen) atoms. The van der Waals surface area contributed by atoms with E-state index in [1.807, 2.05) is 24.1 Å². The van der Waals surface area contributed by atoms with Gasteiger partial charge in [0.05, 0.1) is 17.1 Å². The molecule has 1 heterocycles. The van der Waals surface area contributed by atoms with E-state index >= 15 is 0 Å². The van der Waals surface area contributed by atoms with Crippen molar-refractivity contribution in [2.45, 2.75) is 6.42 Å². The standard InChI is InChI=1S/C13H16ClN3OS/c1-16-6-3-7-17(8-11(16)18)10-5-2-4-9(14)12(10)13(15)19/h2,4-5H,3,6-8H2,1H3,(H2,15,19). The van der Waals surface area contributed by atoms with E-state index in [1.165, 1.54) is 0 Å². The van der Waals surface area contributed by atoms with E-state index in [-0.39, 0.29) is 10.9 Å². The molecule has 0 spiro atoms. The van der Waals surface area contributed by atoms with E-state index in [2.05, 4.69) is 0 Å². The second kappa shape index (κ2) is 5.75. The van der Waals surface area contributed by atoms with Gasteiger partial charge in [-0.15, -0.1) is 0 Å². The molecule has 1 saturated heterocycles. The normalized spacial score (nSPS) is 16.4. The molecule has 6 heteroatoms. The van der Waals surface area contributed by atoms with E-state index in [4.69, 9.17) is 29.6 Å². The Labute approximate surface area is 123 Å². The van der Waals surface area contributed by atoms with Gasteiger partial charge in [0.1, 0.15) is 4.99 Å². The number of likely N-dealkylation sites (N-methyl/N-ethyl adjacent to an activating group) is 1. The second-order valence-corrected chi connectivity index (χ2v) is 5.44. The van der Waals surface area contributed by atoms with Gasteiger partial charge in [-0.3, -0.25) is 4.79 Å². The Kier molecular flexibility index (Phi) is 4.27. The predicted molar refractivity (Wildman–Crippen MR) is 81.8 cm³/mol. The maximum atomic E-state index is 12.0. The molecule has 1 amide bonds. The largest absolute Gasteiger partial charge is 0.389 e. The fourth-order valence-electron chi connectivity index (χ4n) is 2.21. The zero-order chi connectivity index (χ0) is 14.0. The summed E-state index contributed by atoms with van der Waals surface area (Å²) in [5, 5.41) is 0.523. The summed E-state index contributed by atoms with van der Waals surface area (Å²) in [6.07, 6.45) is 0.908. The highest BCUT2D eigenvalue weighted by Crippen LogP contribution is 2.28.